The molecule has 0 aliphatic rings. The minimum Gasteiger partial charge on any atom is -0.480 e. The second-order valence-electron chi connectivity index (χ2n) is 9.39. The molecule has 4 amide bonds. The van der Waals surface area contributed by atoms with Crippen molar-refractivity contribution in [2.45, 2.75) is 82.0 Å². The lowest BCUT2D eigenvalue weighted by molar-refractivity contribution is -0.142. The van der Waals surface area contributed by atoms with E-state index < -0.39 is 53.8 Å². The molecule has 1 aromatic rings. The fourth-order valence-electron chi connectivity index (χ4n) is 3.83. The van der Waals surface area contributed by atoms with Crippen molar-refractivity contribution in [3.8, 4) is 0 Å². The summed E-state index contributed by atoms with van der Waals surface area (Å²) in [5.74, 6) is -3.90. The molecule has 13 nitrogen and oxygen atoms in total. The molecular formula is C26H43N7O6. The first-order valence-corrected chi connectivity index (χ1v) is 13.2. The first-order chi connectivity index (χ1) is 18.6. The number of primary amides is 1. The summed E-state index contributed by atoms with van der Waals surface area (Å²) in [5.41, 5.74) is 22.9. The fraction of sp³-hybridized carbons (Fsp3) is 0.577. The Morgan fingerprint density at radius 1 is 0.718 bits per heavy atom. The van der Waals surface area contributed by atoms with Crippen molar-refractivity contribution < 1.29 is 29.1 Å². The highest BCUT2D eigenvalue weighted by atomic mass is 16.4. The molecule has 4 atom stereocenters. The van der Waals surface area contributed by atoms with E-state index in [2.05, 4.69) is 16.0 Å². The molecule has 12 N–H and O–H groups in total. The monoisotopic (exact) mass is 549 g/mol. The third-order valence-electron chi connectivity index (χ3n) is 6.10. The van der Waals surface area contributed by atoms with Crippen LogP contribution in [0.3, 0.4) is 0 Å². The predicted molar refractivity (Wildman–Crippen MR) is 146 cm³/mol. The molecule has 4 unspecified atom stereocenters. The highest BCUT2D eigenvalue weighted by Crippen LogP contribution is 2.08. The van der Waals surface area contributed by atoms with Crippen LogP contribution in [0.1, 0.15) is 56.9 Å². The third-order valence-corrected chi connectivity index (χ3v) is 6.10. The summed E-state index contributed by atoms with van der Waals surface area (Å²) in [4.78, 5) is 62.1. The van der Waals surface area contributed by atoms with Crippen molar-refractivity contribution in [3.63, 3.8) is 0 Å². The molecule has 0 aliphatic heterocycles. The highest BCUT2D eigenvalue weighted by Gasteiger charge is 2.30. The number of benzene rings is 1. The van der Waals surface area contributed by atoms with Gasteiger partial charge >= 0.3 is 5.97 Å². The number of unbranched alkanes of at least 4 members (excludes halogenated alkanes) is 2. The number of carboxylic acid groups (broad SMARTS) is 1. The Morgan fingerprint density at radius 3 is 1.77 bits per heavy atom. The Kier molecular flexibility index (Phi) is 16.0. The van der Waals surface area contributed by atoms with E-state index in [0.29, 0.717) is 50.8 Å². The van der Waals surface area contributed by atoms with E-state index in [4.69, 9.17) is 22.9 Å². The van der Waals surface area contributed by atoms with Gasteiger partial charge in [-0.05, 0) is 57.2 Å². The number of rotatable bonds is 20. The molecule has 1 rings (SSSR count). The number of amides is 4. The Balaban J connectivity index is 3.00. The average Bonchev–Trinajstić information content (AvgIpc) is 2.90. The van der Waals surface area contributed by atoms with Crippen LogP contribution in [0.25, 0.3) is 0 Å². The maximum atomic E-state index is 13.2. The number of nitrogens with one attached hydrogen (secondary N) is 3. The summed E-state index contributed by atoms with van der Waals surface area (Å²) < 4.78 is 0. The Bertz CT molecular complexity index is 931. The SMILES string of the molecule is NCCCCC(N)C(=O)NC(CCC(N)=O)C(=O)NC(CCCCN)C(=O)NC(Cc1ccccc1)C(=O)O. The van der Waals surface area contributed by atoms with Crippen LogP contribution in [0.2, 0.25) is 0 Å². The number of carboxylic acids is 1. The Morgan fingerprint density at radius 2 is 1.23 bits per heavy atom. The molecule has 0 fully saturated rings. The van der Waals surface area contributed by atoms with Crippen molar-refractivity contribution in [2.24, 2.45) is 22.9 Å². The minimum atomic E-state index is -1.23. The summed E-state index contributed by atoms with van der Waals surface area (Å²) in [6, 6.07) is 4.39. The molecule has 1 aromatic carbocycles. The van der Waals surface area contributed by atoms with E-state index in [9.17, 15) is 29.1 Å². The van der Waals surface area contributed by atoms with Crippen LogP contribution in [0.15, 0.2) is 30.3 Å². The van der Waals surface area contributed by atoms with E-state index >= 15 is 0 Å². The summed E-state index contributed by atoms with van der Waals surface area (Å²) in [6.07, 6.45) is 2.66. The summed E-state index contributed by atoms with van der Waals surface area (Å²) >= 11 is 0. The predicted octanol–water partition coefficient (Wildman–Crippen LogP) is -1.38. The molecule has 13 heteroatoms. The van der Waals surface area contributed by atoms with E-state index in [1.165, 1.54) is 0 Å². The molecule has 0 radical (unpaired) electrons. The van der Waals surface area contributed by atoms with Gasteiger partial charge in [-0.15, -0.1) is 0 Å². The number of hydrogen-bond acceptors (Lipinski definition) is 8. The number of hydrogen-bond donors (Lipinski definition) is 8. The van der Waals surface area contributed by atoms with Gasteiger partial charge in [-0.1, -0.05) is 36.8 Å². The van der Waals surface area contributed by atoms with Crippen molar-refractivity contribution in [3.05, 3.63) is 35.9 Å². The zero-order chi connectivity index (χ0) is 29.2. The number of aliphatic carboxylic acids is 1. The highest BCUT2D eigenvalue weighted by molar-refractivity contribution is 5.94. The Hall–Kier alpha value is -3.55. The van der Waals surface area contributed by atoms with E-state index in [1.807, 2.05) is 0 Å². The lowest BCUT2D eigenvalue weighted by atomic mass is 10.0. The van der Waals surface area contributed by atoms with Crippen LogP contribution in [-0.2, 0) is 30.4 Å². The Labute approximate surface area is 228 Å². The van der Waals surface area contributed by atoms with Gasteiger partial charge in [0, 0.05) is 12.8 Å². The average molecular weight is 550 g/mol. The number of carbonyl (C=O) groups is 5. The lowest BCUT2D eigenvalue weighted by Crippen LogP contribution is -2.57. The van der Waals surface area contributed by atoms with Gasteiger partial charge < -0.3 is 44.0 Å². The molecule has 0 heterocycles. The van der Waals surface area contributed by atoms with Gasteiger partial charge in [0.1, 0.15) is 18.1 Å². The molecule has 39 heavy (non-hydrogen) atoms. The van der Waals surface area contributed by atoms with Gasteiger partial charge in [-0.25, -0.2) is 4.79 Å². The zero-order valence-corrected chi connectivity index (χ0v) is 22.3. The maximum Gasteiger partial charge on any atom is 0.326 e. The maximum absolute atomic E-state index is 13.2. The molecular weight excluding hydrogens is 506 g/mol. The van der Waals surface area contributed by atoms with Crippen LogP contribution in [0, 0.1) is 0 Å². The second kappa shape index (κ2) is 18.7. The van der Waals surface area contributed by atoms with Crippen LogP contribution >= 0.6 is 0 Å². The topological polar surface area (TPSA) is 246 Å². The van der Waals surface area contributed by atoms with E-state index in [1.54, 1.807) is 30.3 Å². The van der Waals surface area contributed by atoms with Crippen molar-refractivity contribution in [1.82, 2.24) is 16.0 Å². The molecule has 0 saturated carbocycles. The molecule has 0 spiro atoms. The third kappa shape index (κ3) is 13.7. The van der Waals surface area contributed by atoms with Gasteiger partial charge in [-0.2, -0.15) is 0 Å². The fourth-order valence-corrected chi connectivity index (χ4v) is 3.83. The second-order valence-corrected chi connectivity index (χ2v) is 9.39. The molecule has 0 aromatic heterocycles. The standard InChI is InChI=1S/C26H43N7O6/c27-14-6-4-10-18(29)23(35)31-20(12-13-22(30)34)25(37)32-19(11-5-7-15-28)24(36)33-21(26(38)39)16-17-8-2-1-3-9-17/h1-3,8-9,18-21H,4-7,10-16,27-29H2,(H2,30,34)(H,31,35)(H,32,37)(H,33,36)(H,38,39). The van der Waals surface area contributed by atoms with E-state index in [0.717, 1.165) is 0 Å². The summed E-state index contributed by atoms with van der Waals surface area (Å²) in [7, 11) is 0. The van der Waals surface area contributed by atoms with Crippen molar-refractivity contribution in [1.29, 1.82) is 0 Å². The van der Waals surface area contributed by atoms with Gasteiger partial charge in [0.05, 0.1) is 6.04 Å². The number of carbonyl (C=O) groups excluding carboxylic acids is 4. The first kappa shape index (κ1) is 33.5. The van der Waals surface area contributed by atoms with Crippen LogP contribution in [0.5, 0.6) is 0 Å². The smallest absolute Gasteiger partial charge is 0.326 e. The minimum absolute atomic E-state index is 0.0463. The first-order valence-electron chi connectivity index (χ1n) is 13.2. The molecule has 218 valence electrons. The summed E-state index contributed by atoms with van der Waals surface area (Å²) in [5, 5.41) is 17.3. The van der Waals surface area contributed by atoms with E-state index in [-0.39, 0.29) is 25.7 Å². The molecule has 0 saturated heterocycles. The zero-order valence-electron chi connectivity index (χ0n) is 22.3. The van der Waals surface area contributed by atoms with Gasteiger partial charge in [0.15, 0.2) is 0 Å². The van der Waals surface area contributed by atoms with Gasteiger partial charge in [-0.3, -0.25) is 19.2 Å². The van der Waals surface area contributed by atoms with Gasteiger partial charge in [0.2, 0.25) is 23.6 Å². The van der Waals surface area contributed by atoms with Crippen molar-refractivity contribution >= 4 is 29.6 Å². The molecule has 0 bridgehead atoms. The van der Waals surface area contributed by atoms with Crippen LogP contribution < -0.4 is 38.9 Å². The lowest BCUT2D eigenvalue weighted by Gasteiger charge is -2.25. The summed E-state index contributed by atoms with van der Waals surface area (Å²) in [6.45, 7) is 0.826. The van der Waals surface area contributed by atoms with Crippen LogP contribution in [0.4, 0.5) is 0 Å². The quantitative estimate of drug-likeness (QED) is 0.0891. The molecule has 0 aliphatic carbocycles. The normalized spacial score (nSPS) is 13.9. The van der Waals surface area contributed by atoms with Crippen molar-refractivity contribution in [2.75, 3.05) is 13.1 Å². The largest absolute Gasteiger partial charge is 0.480 e. The van der Waals surface area contributed by atoms with Crippen LogP contribution in [-0.4, -0.2) is 72.0 Å². The number of nitrogens with two attached hydrogens (primary N) is 4. The van der Waals surface area contributed by atoms with Gasteiger partial charge in [0.25, 0.3) is 0 Å².